The molecule has 1 rings (SSSR count). The smallest absolute Gasteiger partial charge is 0.192 e. The van der Waals surface area contributed by atoms with Gasteiger partial charge in [-0.1, -0.05) is 0 Å². The number of hydrogen-bond donors (Lipinski definition) is 3. The molecule has 1 heterocycles. The Bertz CT molecular complexity index is 164. The van der Waals surface area contributed by atoms with Crippen molar-refractivity contribution < 1.29 is 20.1 Å². The van der Waals surface area contributed by atoms with E-state index in [9.17, 15) is 15.3 Å². The Hall–Kier alpha value is -0.160. The fraction of sp³-hybridized carbons (Fsp3) is 1.00. The number of aliphatic hydroxyl groups is 3. The van der Waals surface area contributed by atoms with Crippen molar-refractivity contribution in [3.63, 3.8) is 0 Å². The number of ether oxygens (including phenoxy) is 1. The number of aliphatic hydroxyl groups excluding tert-OH is 1. The van der Waals surface area contributed by atoms with Crippen LogP contribution >= 0.6 is 0 Å². The molecule has 0 aromatic heterocycles. The van der Waals surface area contributed by atoms with Gasteiger partial charge < -0.3 is 20.1 Å². The zero-order valence-corrected chi connectivity index (χ0v) is 6.90. The molecule has 0 aromatic rings. The minimum absolute atomic E-state index is 0.563. The fourth-order valence-corrected chi connectivity index (χ4v) is 1.31. The van der Waals surface area contributed by atoms with Crippen molar-refractivity contribution in [2.75, 3.05) is 0 Å². The molecule has 0 spiro atoms. The van der Waals surface area contributed by atoms with Crippen molar-refractivity contribution in [1.82, 2.24) is 0 Å². The summed E-state index contributed by atoms with van der Waals surface area (Å²) in [5.74, 6) is -1.64. The van der Waals surface area contributed by atoms with Gasteiger partial charge in [-0.05, 0) is 20.8 Å². The lowest BCUT2D eigenvalue weighted by atomic mass is 9.93. The van der Waals surface area contributed by atoms with Crippen LogP contribution in [0.15, 0.2) is 0 Å². The van der Waals surface area contributed by atoms with E-state index in [1.54, 1.807) is 6.92 Å². The third-order valence-corrected chi connectivity index (χ3v) is 2.30. The van der Waals surface area contributed by atoms with Crippen molar-refractivity contribution >= 4 is 0 Å². The summed E-state index contributed by atoms with van der Waals surface area (Å²) in [6.45, 7) is 4.37. The van der Waals surface area contributed by atoms with E-state index in [0.717, 1.165) is 0 Å². The van der Waals surface area contributed by atoms with Crippen molar-refractivity contribution in [1.29, 1.82) is 0 Å². The van der Waals surface area contributed by atoms with Gasteiger partial charge in [0.15, 0.2) is 5.79 Å². The van der Waals surface area contributed by atoms with Crippen molar-refractivity contribution in [2.24, 2.45) is 0 Å². The third kappa shape index (κ3) is 1.16. The molecular formula is C7H14O4. The number of rotatable bonds is 0. The van der Waals surface area contributed by atoms with Gasteiger partial charge in [-0.3, -0.25) is 0 Å². The molecule has 4 atom stereocenters. The van der Waals surface area contributed by atoms with E-state index in [-0.39, 0.29) is 0 Å². The van der Waals surface area contributed by atoms with Crippen LogP contribution in [0.25, 0.3) is 0 Å². The SMILES string of the molecule is CC1OC(C)(O)C(O)C1(C)O. The van der Waals surface area contributed by atoms with E-state index in [2.05, 4.69) is 0 Å². The summed E-state index contributed by atoms with van der Waals surface area (Å²) in [6.07, 6.45) is -1.82. The molecule has 4 nitrogen and oxygen atoms in total. The Morgan fingerprint density at radius 2 is 1.73 bits per heavy atom. The van der Waals surface area contributed by atoms with Gasteiger partial charge >= 0.3 is 0 Å². The first kappa shape index (κ1) is 8.93. The highest BCUT2D eigenvalue weighted by Crippen LogP contribution is 2.35. The van der Waals surface area contributed by atoms with Crippen molar-refractivity contribution in [3.8, 4) is 0 Å². The quantitative estimate of drug-likeness (QED) is 0.437. The molecule has 66 valence electrons. The molecule has 1 aliphatic heterocycles. The van der Waals surface area contributed by atoms with Crippen LogP contribution in [0.2, 0.25) is 0 Å². The molecule has 0 bridgehead atoms. The summed E-state index contributed by atoms with van der Waals surface area (Å²) in [6, 6.07) is 0. The number of hydrogen-bond acceptors (Lipinski definition) is 4. The molecular weight excluding hydrogens is 148 g/mol. The van der Waals surface area contributed by atoms with Crippen LogP contribution in [-0.2, 0) is 4.74 Å². The first-order valence-electron chi connectivity index (χ1n) is 3.59. The Morgan fingerprint density at radius 3 is 1.82 bits per heavy atom. The maximum absolute atomic E-state index is 9.53. The molecule has 0 saturated carbocycles. The molecule has 0 radical (unpaired) electrons. The monoisotopic (exact) mass is 162 g/mol. The minimum atomic E-state index is -1.64. The van der Waals surface area contributed by atoms with Gasteiger partial charge in [0.2, 0.25) is 0 Å². The van der Waals surface area contributed by atoms with E-state index < -0.39 is 23.6 Å². The zero-order chi connectivity index (χ0) is 8.86. The van der Waals surface area contributed by atoms with Crippen molar-refractivity contribution in [3.05, 3.63) is 0 Å². The first-order chi connectivity index (χ1) is 4.78. The lowest BCUT2D eigenvalue weighted by Crippen LogP contribution is -2.48. The zero-order valence-electron chi connectivity index (χ0n) is 6.90. The highest BCUT2D eigenvalue weighted by molar-refractivity contribution is 5.00. The Morgan fingerprint density at radius 1 is 1.27 bits per heavy atom. The first-order valence-corrected chi connectivity index (χ1v) is 3.59. The highest BCUT2D eigenvalue weighted by atomic mass is 16.7. The van der Waals surface area contributed by atoms with Gasteiger partial charge in [0.25, 0.3) is 0 Å². The lowest BCUT2D eigenvalue weighted by Gasteiger charge is -2.25. The van der Waals surface area contributed by atoms with Gasteiger partial charge in [0, 0.05) is 0 Å². The molecule has 0 amide bonds. The van der Waals surface area contributed by atoms with E-state index in [0.29, 0.717) is 0 Å². The molecule has 1 aliphatic rings. The van der Waals surface area contributed by atoms with Gasteiger partial charge in [-0.15, -0.1) is 0 Å². The maximum atomic E-state index is 9.53. The summed E-state index contributed by atoms with van der Waals surface area (Å²) in [5, 5.41) is 28.2. The van der Waals surface area contributed by atoms with E-state index >= 15 is 0 Å². The highest BCUT2D eigenvalue weighted by Gasteiger charge is 2.56. The molecule has 3 N–H and O–H groups in total. The summed E-state index contributed by atoms with van der Waals surface area (Å²) in [5.41, 5.74) is -1.37. The molecule has 11 heavy (non-hydrogen) atoms. The minimum Gasteiger partial charge on any atom is -0.385 e. The Kier molecular flexibility index (Phi) is 1.76. The van der Waals surface area contributed by atoms with Gasteiger partial charge in [-0.2, -0.15) is 0 Å². The predicted octanol–water partition coefficient (Wildman–Crippen LogP) is -0.774. The third-order valence-electron chi connectivity index (χ3n) is 2.30. The standard InChI is InChI=1S/C7H14O4/c1-4-6(2,9)5(8)7(3,10)11-4/h4-5,8-10H,1-3H3. The Labute approximate surface area is 65.4 Å². The second-order valence-corrected chi connectivity index (χ2v) is 3.44. The van der Waals surface area contributed by atoms with Crippen LogP contribution in [0, 0.1) is 0 Å². The average Bonchev–Trinajstić information content (AvgIpc) is 1.94. The van der Waals surface area contributed by atoms with E-state index in [4.69, 9.17) is 4.74 Å². The molecule has 0 aliphatic carbocycles. The van der Waals surface area contributed by atoms with E-state index in [1.165, 1.54) is 13.8 Å². The van der Waals surface area contributed by atoms with Crippen LogP contribution in [0.3, 0.4) is 0 Å². The molecule has 1 saturated heterocycles. The lowest BCUT2D eigenvalue weighted by molar-refractivity contribution is -0.213. The van der Waals surface area contributed by atoms with Crippen LogP contribution < -0.4 is 0 Å². The summed E-state index contributed by atoms with van der Waals surface area (Å²) < 4.78 is 4.93. The summed E-state index contributed by atoms with van der Waals surface area (Å²) in [4.78, 5) is 0. The normalized spacial score (nSPS) is 58.4. The van der Waals surface area contributed by atoms with Gasteiger partial charge in [-0.25, -0.2) is 0 Å². The molecule has 1 fully saturated rings. The van der Waals surface area contributed by atoms with Gasteiger partial charge in [0.05, 0.1) is 6.10 Å². The predicted molar refractivity (Wildman–Crippen MR) is 37.8 cm³/mol. The second kappa shape index (κ2) is 2.17. The average molecular weight is 162 g/mol. The molecule has 4 heteroatoms. The summed E-state index contributed by atoms with van der Waals surface area (Å²) in [7, 11) is 0. The van der Waals surface area contributed by atoms with Gasteiger partial charge in [0.1, 0.15) is 11.7 Å². The Balaban J connectivity index is 2.89. The van der Waals surface area contributed by atoms with Crippen LogP contribution in [0.4, 0.5) is 0 Å². The fourth-order valence-electron chi connectivity index (χ4n) is 1.31. The molecule has 0 aromatic carbocycles. The van der Waals surface area contributed by atoms with E-state index in [1.807, 2.05) is 0 Å². The topological polar surface area (TPSA) is 69.9 Å². The second-order valence-electron chi connectivity index (χ2n) is 3.44. The van der Waals surface area contributed by atoms with Crippen LogP contribution in [-0.4, -0.2) is 38.9 Å². The van der Waals surface area contributed by atoms with Crippen LogP contribution in [0.5, 0.6) is 0 Å². The van der Waals surface area contributed by atoms with Crippen LogP contribution in [0.1, 0.15) is 20.8 Å². The largest absolute Gasteiger partial charge is 0.385 e. The maximum Gasteiger partial charge on any atom is 0.192 e. The summed E-state index contributed by atoms with van der Waals surface area (Å²) >= 11 is 0. The molecule has 4 unspecified atom stereocenters. The van der Waals surface area contributed by atoms with Crippen molar-refractivity contribution in [2.45, 2.75) is 44.4 Å².